The number of ether oxygens (including phenoxy) is 1. The van der Waals surface area contributed by atoms with Gasteiger partial charge in [0, 0.05) is 5.54 Å². The van der Waals surface area contributed by atoms with Crippen molar-refractivity contribution in [3.63, 3.8) is 0 Å². The van der Waals surface area contributed by atoms with E-state index in [1.165, 1.54) is 6.42 Å². The van der Waals surface area contributed by atoms with Crippen LogP contribution in [0.15, 0.2) is 0 Å². The molecule has 4 rings (SSSR count). The molecule has 4 fully saturated rings. The van der Waals surface area contributed by atoms with Gasteiger partial charge in [-0.15, -0.1) is 0 Å². The standard InChI is InChI=1S/C16H27NO3/c1-2-3-4-20-14(18)10-17-15-6-12-5-13(7-15)9-16(19,8-12)11-15/h12-13,17,19H,2-11H2,1H3. The zero-order valence-electron chi connectivity index (χ0n) is 12.5. The Morgan fingerprint density at radius 1 is 1.30 bits per heavy atom. The Morgan fingerprint density at radius 3 is 2.60 bits per heavy atom. The van der Waals surface area contributed by atoms with E-state index in [0.29, 0.717) is 25.0 Å². The van der Waals surface area contributed by atoms with Crippen molar-refractivity contribution >= 4 is 5.97 Å². The number of carbonyl (C=O) groups is 1. The molecule has 20 heavy (non-hydrogen) atoms. The van der Waals surface area contributed by atoms with Crippen LogP contribution in [0.5, 0.6) is 0 Å². The molecular formula is C16H27NO3. The molecule has 0 aromatic heterocycles. The second-order valence-corrected chi connectivity index (χ2v) is 7.39. The summed E-state index contributed by atoms with van der Waals surface area (Å²) in [4.78, 5) is 11.7. The van der Waals surface area contributed by atoms with Gasteiger partial charge in [0.2, 0.25) is 0 Å². The maximum atomic E-state index is 11.7. The third-order valence-electron chi connectivity index (χ3n) is 5.40. The minimum absolute atomic E-state index is 0.0113. The molecule has 4 aliphatic carbocycles. The van der Waals surface area contributed by atoms with Crippen LogP contribution in [-0.2, 0) is 9.53 Å². The van der Waals surface area contributed by atoms with Gasteiger partial charge in [-0.25, -0.2) is 0 Å². The molecule has 2 N–H and O–H groups in total. The molecule has 0 aromatic carbocycles. The van der Waals surface area contributed by atoms with Crippen molar-refractivity contribution in [3.05, 3.63) is 0 Å². The van der Waals surface area contributed by atoms with Crippen LogP contribution in [0.1, 0.15) is 58.3 Å². The van der Waals surface area contributed by atoms with Gasteiger partial charge < -0.3 is 15.2 Å². The van der Waals surface area contributed by atoms with Crippen LogP contribution in [0.4, 0.5) is 0 Å². The van der Waals surface area contributed by atoms with Crippen LogP contribution in [0.3, 0.4) is 0 Å². The minimum Gasteiger partial charge on any atom is -0.465 e. The third-order valence-corrected chi connectivity index (χ3v) is 5.40. The number of aliphatic hydroxyl groups is 1. The monoisotopic (exact) mass is 281 g/mol. The van der Waals surface area contributed by atoms with Crippen LogP contribution in [0, 0.1) is 11.8 Å². The highest BCUT2D eigenvalue weighted by molar-refractivity contribution is 5.71. The first-order valence-corrected chi connectivity index (χ1v) is 8.16. The molecule has 0 heterocycles. The van der Waals surface area contributed by atoms with E-state index in [2.05, 4.69) is 12.2 Å². The van der Waals surface area contributed by atoms with E-state index in [9.17, 15) is 9.90 Å². The van der Waals surface area contributed by atoms with E-state index in [1.807, 2.05) is 0 Å². The fourth-order valence-corrected chi connectivity index (χ4v) is 5.06. The predicted octanol–water partition coefficient (Wildman–Crippen LogP) is 2.00. The minimum atomic E-state index is -0.469. The number of esters is 1. The van der Waals surface area contributed by atoms with Gasteiger partial charge >= 0.3 is 5.97 Å². The quantitative estimate of drug-likeness (QED) is 0.577. The Balaban J connectivity index is 1.53. The fraction of sp³-hybridized carbons (Fsp3) is 0.938. The molecule has 4 bridgehead atoms. The van der Waals surface area contributed by atoms with Crippen molar-refractivity contribution in [2.45, 2.75) is 69.4 Å². The van der Waals surface area contributed by atoms with Crippen molar-refractivity contribution in [3.8, 4) is 0 Å². The number of rotatable bonds is 6. The summed E-state index contributed by atoms with van der Waals surface area (Å²) in [6.45, 7) is 2.90. The van der Waals surface area contributed by atoms with E-state index in [-0.39, 0.29) is 11.5 Å². The van der Waals surface area contributed by atoms with Crippen molar-refractivity contribution in [1.82, 2.24) is 5.32 Å². The van der Waals surface area contributed by atoms with Crippen LogP contribution in [0.25, 0.3) is 0 Å². The number of carbonyl (C=O) groups excluding carboxylic acids is 1. The normalized spacial score (nSPS) is 41.9. The van der Waals surface area contributed by atoms with Gasteiger partial charge in [0.1, 0.15) is 0 Å². The summed E-state index contributed by atoms with van der Waals surface area (Å²) in [6, 6.07) is 0. The zero-order valence-corrected chi connectivity index (χ0v) is 12.5. The molecule has 0 radical (unpaired) electrons. The van der Waals surface area contributed by atoms with E-state index >= 15 is 0 Å². The molecule has 4 saturated carbocycles. The molecule has 2 atom stereocenters. The molecule has 0 amide bonds. The lowest BCUT2D eigenvalue weighted by atomic mass is 9.51. The molecule has 4 aliphatic rings. The highest BCUT2D eigenvalue weighted by Crippen LogP contribution is 2.57. The maximum Gasteiger partial charge on any atom is 0.319 e. The number of hydrogen-bond donors (Lipinski definition) is 2. The Hall–Kier alpha value is -0.610. The van der Waals surface area contributed by atoms with Gasteiger partial charge in [-0.2, -0.15) is 0 Å². The van der Waals surface area contributed by atoms with Gasteiger partial charge in [0.15, 0.2) is 0 Å². The summed E-state index contributed by atoms with van der Waals surface area (Å²) < 4.78 is 5.21. The van der Waals surface area contributed by atoms with Crippen LogP contribution >= 0.6 is 0 Å². The van der Waals surface area contributed by atoms with E-state index in [1.54, 1.807) is 0 Å². The lowest BCUT2D eigenvalue weighted by Crippen LogP contribution is -2.65. The van der Waals surface area contributed by atoms with Crippen LogP contribution in [0.2, 0.25) is 0 Å². The molecular weight excluding hydrogens is 254 g/mol. The lowest BCUT2D eigenvalue weighted by molar-refractivity contribution is -0.152. The van der Waals surface area contributed by atoms with Gasteiger partial charge in [-0.3, -0.25) is 4.79 Å². The highest BCUT2D eigenvalue weighted by Gasteiger charge is 2.57. The summed E-state index contributed by atoms with van der Waals surface area (Å²) in [7, 11) is 0. The first kappa shape index (κ1) is 14.3. The number of hydrogen-bond acceptors (Lipinski definition) is 4. The van der Waals surface area contributed by atoms with Gasteiger partial charge in [-0.1, -0.05) is 13.3 Å². The SMILES string of the molecule is CCCCOC(=O)CNC12CC3CC(CC(O)(C3)C1)C2. The number of unbranched alkanes of at least 4 members (excludes halogenated alkanes) is 1. The molecule has 0 spiro atoms. The first-order valence-electron chi connectivity index (χ1n) is 8.16. The smallest absolute Gasteiger partial charge is 0.319 e. The average molecular weight is 281 g/mol. The Labute approximate surface area is 121 Å². The van der Waals surface area contributed by atoms with Gasteiger partial charge in [0.25, 0.3) is 0 Å². The first-order chi connectivity index (χ1) is 9.53. The summed E-state index contributed by atoms with van der Waals surface area (Å²) in [5, 5.41) is 14.1. The Morgan fingerprint density at radius 2 is 2.00 bits per heavy atom. The lowest BCUT2D eigenvalue weighted by Gasteiger charge is -2.60. The summed E-state index contributed by atoms with van der Waals surface area (Å²) in [5.74, 6) is 1.14. The molecule has 0 aromatic rings. The van der Waals surface area contributed by atoms with E-state index < -0.39 is 5.60 Å². The second kappa shape index (κ2) is 5.30. The molecule has 114 valence electrons. The summed E-state index contributed by atoms with van der Waals surface area (Å²) in [5.41, 5.74) is -0.480. The fourth-order valence-electron chi connectivity index (χ4n) is 5.06. The summed E-state index contributed by atoms with van der Waals surface area (Å²) in [6.07, 6.45) is 8.23. The van der Waals surface area contributed by atoms with E-state index in [4.69, 9.17) is 4.74 Å². The third kappa shape index (κ3) is 2.86. The molecule has 4 nitrogen and oxygen atoms in total. The second-order valence-electron chi connectivity index (χ2n) is 7.39. The largest absolute Gasteiger partial charge is 0.465 e. The molecule has 0 saturated heterocycles. The predicted molar refractivity (Wildman–Crippen MR) is 76.2 cm³/mol. The van der Waals surface area contributed by atoms with Crippen LogP contribution in [-0.4, -0.2) is 35.4 Å². The molecule has 0 aliphatic heterocycles. The Bertz CT molecular complexity index is 368. The van der Waals surface area contributed by atoms with E-state index in [0.717, 1.165) is 44.9 Å². The zero-order chi connectivity index (χ0) is 14.2. The van der Waals surface area contributed by atoms with Crippen molar-refractivity contribution in [1.29, 1.82) is 0 Å². The maximum absolute atomic E-state index is 11.7. The van der Waals surface area contributed by atoms with Crippen LogP contribution < -0.4 is 5.32 Å². The molecule has 4 heteroatoms. The molecule has 2 unspecified atom stereocenters. The number of nitrogens with one attached hydrogen (secondary N) is 1. The highest BCUT2D eigenvalue weighted by atomic mass is 16.5. The van der Waals surface area contributed by atoms with Gasteiger partial charge in [-0.05, 0) is 56.8 Å². The Kier molecular flexibility index (Phi) is 3.80. The van der Waals surface area contributed by atoms with Crippen molar-refractivity contribution < 1.29 is 14.6 Å². The average Bonchev–Trinajstić information content (AvgIpc) is 2.34. The van der Waals surface area contributed by atoms with Gasteiger partial charge in [0.05, 0.1) is 18.8 Å². The van der Waals surface area contributed by atoms with Crippen molar-refractivity contribution in [2.24, 2.45) is 11.8 Å². The van der Waals surface area contributed by atoms with Crippen molar-refractivity contribution in [2.75, 3.05) is 13.2 Å². The summed E-state index contributed by atoms with van der Waals surface area (Å²) >= 11 is 0. The topological polar surface area (TPSA) is 58.6 Å².